The van der Waals surface area contributed by atoms with Gasteiger partial charge < -0.3 is 4.42 Å². The summed E-state index contributed by atoms with van der Waals surface area (Å²) in [4.78, 5) is 14.0. The van der Waals surface area contributed by atoms with E-state index in [1.165, 1.54) is 0 Å². The summed E-state index contributed by atoms with van der Waals surface area (Å²) < 4.78 is 7.48. The summed E-state index contributed by atoms with van der Waals surface area (Å²) in [6.07, 6.45) is 0.835. The second kappa shape index (κ2) is 4.20. The summed E-state index contributed by atoms with van der Waals surface area (Å²) in [5.41, 5.74) is 0.526. The van der Waals surface area contributed by atoms with Crippen LogP contribution in [-0.2, 0) is 6.54 Å². The summed E-state index contributed by atoms with van der Waals surface area (Å²) >= 11 is 3.22. The number of hydrogen-bond acceptors (Lipinski definition) is 5. The van der Waals surface area contributed by atoms with Gasteiger partial charge in [-0.1, -0.05) is 5.10 Å². The topological polar surface area (TPSA) is 77.0 Å². The first-order chi connectivity index (χ1) is 8.66. The molecule has 8 heteroatoms. The number of amides is 1. The fourth-order valence-electron chi connectivity index (χ4n) is 2.01. The third kappa shape index (κ3) is 1.72. The van der Waals surface area contributed by atoms with E-state index in [9.17, 15) is 4.79 Å². The molecule has 0 fully saturated rings. The fourth-order valence-corrected chi connectivity index (χ4v) is 2.48. The zero-order valence-electron chi connectivity index (χ0n) is 9.63. The number of hydrogen-bond donors (Lipinski definition) is 0. The van der Waals surface area contributed by atoms with Gasteiger partial charge in [0.15, 0.2) is 4.67 Å². The van der Waals surface area contributed by atoms with Gasteiger partial charge in [-0.25, -0.2) is 4.68 Å². The smallest absolute Gasteiger partial charge is 0.264 e. The molecule has 0 radical (unpaired) electrons. The predicted molar refractivity (Wildman–Crippen MR) is 65.3 cm³/mol. The first-order valence-corrected chi connectivity index (χ1v) is 6.30. The van der Waals surface area contributed by atoms with Gasteiger partial charge in [0.2, 0.25) is 0 Å². The van der Waals surface area contributed by atoms with Crippen LogP contribution in [0.25, 0.3) is 0 Å². The number of aryl methyl sites for hydroxylation is 2. The van der Waals surface area contributed by atoms with Crippen molar-refractivity contribution in [3.8, 4) is 0 Å². The number of nitrogens with zero attached hydrogens (tertiary/aromatic N) is 5. The summed E-state index contributed by atoms with van der Waals surface area (Å²) in [5.74, 6) is 0.928. The van der Waals surface area contributed by atoms with E-state index in [2.05, 4.69) is 31.5 Å². The summed E-state index contributed by atoms with van der Waals surface area (Å²) in [5, 5.41) is 11.3. The van der Waals surface area contributed by atoms with Crippen molar-refractivity contribution in [1.29, 1.82) is 0 Å². The molecule has 7 nitrogen and oxygen atoms in total. The number of fused-ring (bicyclic) bond motifs is 1. The molecular formula is C10H10BrN5O2. The van der Waals surface area contributed by atoms with E-state index >= 15 is 0 Å². The highest BCUT2D eigenvalue weighted by molar-refractivity contribution is 9.10. The maximum atomic E-state index is 12.4. The quantitative estimate of drug-likeness (QED) is 0.795. The number of anilines is 1. The Balaban J connectivity index is 1.98. The second-order valence-corrected chi connectivity index (χ2v) is 4.81. The van der Waals surface area contributed by atoms with Gasteiger partial charge in [-0.05, 0) is 39.7 Å². The highest BCUT2D eigenvalue weighted by atomic mass is 79.9. The van der Waals surface area contributed by atoms with Gasteiger partial charge in [0.1, 0.15) is 5.76 Å². The van der Waals surface area contributed by atoms with Gasteiger partial charge in [-0.3, -0.25) is 9.69 Å². The number of rotatable bonds is 1. The molecule has 0 unspecified atom stereocenters. The molecule has 0 saturated heterocycles. The molecule has 1 aliphatic rings. The van der Waals surface area contributed by atoms with E-state index in [1.54, 1.807) is 22.6 Å². The molecule has 1 aliphatic heterocycles. The van der Waals surface area contributed by atoms with E-state index in [1.807, 2.05) is 0 Å². The van der Waals surface area contributed by atoms with Crippen molar-refractivity contribution >= 4 is 27.8 Å². The SMILES string of the molecule is Cc1oc(Br)cc1C(=O)N1CCCn2nnnc21. The van der Waals surface area contributed by atoms with Gasteiger partial charge in [0.25, 0.3) is 11.9 Å². The van der Waals surface area contributed by atoms with Crippen LogP contribution in [0.3, 0.4) is 0 Å². The zero-order chi connectivity index (χ0) is 12.7. The molecule has 0 atom stereocenters. The van der Waals surface area contributed by atoms with Gasteiger partial charge in [0.05, 0.1) is 5.56 Å². The summed E-state index contributed by atoms with van der Waals surface area (Å²) in [6.45, 7) is 3.10. The Kier molecular flexibility index (Phi) is 2.66. The van der Waals surface area contributed by atoms with E-state index in [-0.39, 0.29) is 5.91 Å². The average molecular weight is 312 g/mol. The monoisotopic (exact) mass is 311 g/mol. The van der Waals surface area contributed by atoms with Crippen LogP contribution >= 0.6 is 15.9 Å². The number of carbonyl (C=O) groups excluding carboxylic acids is 1. The van der Waals surface area contributed by atoms with E-state index in [0.29, 0.717) is 28.5 Å². The van der Waals surface area contributed by atoms with Crippen molar-refractivity contribution in [2.45, 2.75) is 19.9 Å². The average Bonchev–Trinajstić information content (AvgIpc) is 2.94. The zero-order valence-corrected chi connectivity index (χ0v) is 11.2. The Bertz CT molecular complexity index is 605. The molecule has 0 aliphatic carbocycles. The Morgan fingerprint density at radius 2 is 2.33 bits per heavy atom. The van der Waals surface area contributed by atoms with Crippen LogP contribution in [-0.4, -0.2) is 32.7 Å². The lowest BCUT2D eigenvalue weighted by Crippen LogP contribution is -2.38. The first-order valence-electron chi connectivity index (χ1n) is 5.51. The Morgan fingerprint density at radius 1 is 1.50 bits per heavy atom. The molecule has 0 saturated carbocycles. The first kappa shape index (κ1) is 11.4. The van der Waals surface area contributed by atoms with Crippen molar-refractivity contribution < 1.29 is 9.21 Å². The van der Waals surface area contributed by atoms with Crippen LogP contribution in [0, 0.1) is 6.92 Å². The highest BCUT2D eigenvalue weighted by Gasteiger charge is 2.28. The number of furan rings is 1. The van der Waals surface area contributed by atoms with E-state index < -0.39 is 0 Å². The number of tetrazole rings is 1. The largest absolute Gasteiger partial charge is 0.454 e. The van der Waals surface area contributed by atoms with Gasteiger partial charge in [0, 0.05) is 19.2 Å². The molecule has 3 rings (SSSR count). The molecule has 0 bridgehead atoms. The molecule has 2 aromatic heterocycles. The van der Waals surface area contributed by atoms with Crippen molar-refractivity contribution in [1.82, 2.24) is 20.2 Å². The van der Waals surface area contributed by atoms with Crippen molar-refractivity contribution in [3.63, 3.8) is 0 Å². The minimum Gasteiger partial charge on any atom is -0.454 e. The van der Waals surface area contributed by atoms with Crippen molar-refractivity contribution in [2.75, 3.05) is 11.4 Å². The molecule has 94 valence electrons. The lowest BCUT2D eigenvalue weighted by molar-refractivity contribution is 0.0979. The van der Waals surface area contributed by atoms with Gasteiger partial charge in [-0.15, -0.1) is 0 Å². The number of halogens is 1. The third-order valence-electron chi connectivity index (χ3n) is 2.87. The number of carbonyl (C=O) groups is 1. The molecule has 18 heavy (non-hydrogen) atoms. The molecule has 0 spiro atoms. The maximum absolute atomic E-state index is 12.4. The fraction of sp³-hybridized carbons (Fsp3) is 0.400. The Hall–Kier alpha value is -1.70. The van der Waals surface area contributed by atoms with Crippen LogP contribution in [0.15, 0.2) is 15.2 Å². The minimum atomic E-state index is -0.141. The minimum absolute atomic E-state index is 0.141. The highest BCUT2D eigenvalue weighted by Crippen LogP contribution is 2.24. The predicted octanol–water partition coefficient (Wildman–Crippen LogP) is 1.39. The maximum Gasteiger partial charge on any atom is 0.264 e. The van der Waals surface area contributed by atoms with Crippen LogP contribution in [0.1, 0.15) is 22.5 Å². The standard InChI is InChI=1S/C10H10BrN5O2/c1-6-7(5-8(11)18-6)9(17)15-3-2-4-16-10(15)12-13-14-16/h5H,2-4H2,1H3. The van der Waals surface area contributed by atoms with Crippen LogP contribution in [0.4, 0.5) is 5.95 Å². The van der Waals surface area contributed by atoms with Crippen molar-refractivity contribution in [3.05, 3.63) is 22.1 Å². The van der Waals surface area contributed by atoms with Crippen LogP contribution in [0.2, 0.25) is 0 Å². The van der Waals surface area contributed by atoms with Gasteiger partial charge >= 0.3 is 0 Å². The lowest BCUT2D eigenvalue weighted by atomic mass is 10.2. The molecule has 2 aromatic rings. The second-order valence-electron chi connectivity index (χ2n) is 4.03. The van der Waals surface area contributed by atoms with Crippen molar-refractivity contribution in [2.24, 2.45) is 0 Å². The van der Waals surface area contributed by atoms with Crippen LogP contribution < -0.4 is 4.90 Å². The summed E-state index contributed by atoms with van der Waals surface area (Å²) in [6, 6.07) is 1.67. The molecular weight excluding hydrogens is 302 g/mol. The Labute approximate surface area is 111 Å². The molecule has 0 N–H and O–H groups in total. The third-order valence-corrected chi connectivity index (χ3v) is 3.26. The molecule has 1 amide bonds. The normalized spacial score (nSPS) is 14.7. The van der Waals surface area contributed by atoms with Crippen LogP contribution in [0.5, 0.6) is 0 Å². The number of aromatic nitrogens is 4. The lowest BCUT2D eigenvalue weighted by Gasteiger charge is -2.24. The Morgan fingerprint density at radius 3 is 3.06 bits per heavy atom. The van der Waals surface area contributed by atoms with Gasteiger partial charge in [-0.2, -0.15) is 0 Å². The summed E-state index contributed by atoms with van der Waals surface area (Å²) in [7, 11) is 0. The van der Waals surface area contributed by atoms with E-state index in [0.717, 1.165) is 13.0 Å². The van der Waals surface area contributed by atoms with E-state index in [4.69, 9.17) is 4.42 Å². The molecule has 3 heterocycles. The molecule has 0 aromatic carbocycles.